The molecule has 3 nitrogen and oxygen atoms in total. The first-order chi connectivity index (χ1) is 14.8. The average molecular weight is 463 g/mol. The van der Waals surface area contributed by atoms with Crippen LogP contribution >= 0.6 is 0 Å². The minimum Gasteiger partial charge on any atom is -0.417 e. The second kappa shape index (κ2) is 8.50. The van der Waals surface area contributed by atoms with Crippen LogP contribution in [-0.4, -0.2) is 39.3 Å². The fourth-order valence-corrected chi connectivity index (χ4v) is 8.95. The number of aliphatic hydroxyl groups excluding tert-OH is 1. The molecule has 8 atom stereocenters. The average Bonchev–Trinajstić information content (AvgIpc) is 3.08. The van der Waals surface area contributed by atoms with Crippen molar-refractivity contribution < 1.29 is 14.3 Å². The lowest BCUT2D eigenvalue weighted by Crippen LogP contribution is -2.43. The molecule has 0 saturated heterocycles. The maximum absolute atomic E-state index is 10.2. The third-order valence-corrected chi connectivity index (χ3v) is 15.4. The highest BCUT2D eigenvalue weighted by atomic mass is 28.4. The summed E-state index contributed by atoms with van der Waals surface area (Å²) in [6.45, 7) is 17.8. The molecule has 0 bridgehead atoms. The van der Waals surface area contributed by atoms with Crippen molar-refractivity contribution in [2.24, 2.45) is 34.5 Å². The molecule has 0 aromatic rings. The highest BCUT2D eigenvalue weighted by Crippen LogP contribution is 2.67. The van der Waals surface area contributed by atoms with Gasteiger partial charge in [0.1, 0.15) is 0 Å². The van der Waals surface area contributed by atoms with Crippen molar-refractivity contribution in [3.05, 3.63) is 11.6 Å². The molecule has 0 radical (unpaired) electrons. The molecule has 5 unspecified atom stereocenters. The van der Waals surface area contributed by atoms with Crippen LogP contribution in [-0.2, 0) is 9.16 Å². The van der Waals surface area contributed by atoms with Gasteiger partial charge in [-0.3, -0.25) is 0 Å². The molecule has 4 heteroatoms. The molecule has 0 aromatic heterocycles. The van der Waals surface area contributed by atoms with Crippen LogP contribution in [0, 0.1) is 34.5 Å². The monoisotopic (exact) mass is 462 g/mol. The lowest BCUT2D eigenvalue weighted by Gasteiger charge is -2.45. The van der Waals surface area contributed by atoms with Gasteiger partial charge in [0.05, 0.1) is 12.2 Å². The maximum atomic E-state index is 10.2. The SMILES string of the molecule is COC(C=C1CCC[C@@]2(C)C1CCC2[C@H](C)CO[Si](C)(C)C(C)(C)C)C12CC1C[C@H](O)C2. The van der Waals surface area contributed by atoms with Gasteiger partial charge in [0, 0.05) is 19.1 Å². The van der Waals surface area contributed by atoms with Crippen LogP contribution in [0.2, 0.25) is 18.1 Å². The van der Waals surface area contributed by atoms with Crippen LogP contribution in [0.25, 0.3) is 0 Å². The number of hydrogen-bond donors (Lipinski definition) is 1. The van der Waals surface area contributed by atoms with Gasteiger partial charge >= 0.3 is 0 Å². The summed E-state index contributed by atoms with van der Waals surface area (Å²) in [5.74, 6) is 2.75. The number of hydrogen-bond acceptors (Lipinski definition) is 3. The van der Waals surface area contributed by atoms with Gasteiger partial charge in [-0.15, -0.1) is 0 Å². The van der Waals surface area contributed by atoms with Crippen molar-refractivity contribution in [3.8, 4) is 0 Å². The Balaban J connectivity index is 1.47. The molecular weight excluding hydrogens is 412 g/mol. The third-order valence-electron chi connectivity index (χ3n) is 10.9. The third kappa shape index (κ3) is 4.20. The fraction of sp³-hybridized carbons (Fsp3) is 0.929. The quantitative estimate of drug-likeness (QED) is 0.328. The zero-order valence-corrected chi connectivity index (χ0v) is 23.2. The van der Waals surface area contributed by atoms with Gasteiger partial charge in [-0.25, -0.2) is 0 Å². The van der Waals surface area contributed by atoms with Crippen LogP contribution in [0.1, 0.15) is 86.0 Å². The van der Waals surface area contributed by atoms with E-state index >= 15 is 0 Å². The Morgan fingerprint density at radius 1 is 1.22 bits per heavy atom. The summed E-state index contributed by atoms with van der Waals surface area (Å²) in [6, 6.07) is 0. The van der Waals surface area contributed by atoms with Crippen LogP contribution in [0.5, 0.6) is 0 Å². The molecule has 4 aliphatic rings. The Morgan fingerprint density at radius 2 is 1.94 bits per heavy atom. The van der Waals surface area contributed by atoms with Crippen molar-refractivity contribution >= 4 is 8.32 Å². The highest BCUT2D eigenvalue weighted by molar-refractivity contribution is 6.74. The van der Waals surface area contributed by atoms with E-state index in [4.69, 9.17) is 9.16 Å². The van der Waals surface area contributed by atoms with Gasteiger partial charge in [-0.1, -0.05) is 46.3 Å². The normalized spacial score (nSPS) is 42.6. The second-order valence-electron chi connectivity index (χ2n) is 13.8. The van der Waals surface area contributed by atoms with Gasteiger partial charge in [-0.2, -0.15) is 0 Å². The molecule has 0 spiro atoms. The molecule has 184 valence electrons. The van der Waals surface area contributed by atoms with E-state index in [0.717, 1.165) is 25.4 Å². The largest absolute Gasteiger partial charge is 0.417 e. The summed E-state index contributed by atoms with van der Waals surface area (Å²) in [4.78, 5) is 0. The number of ether oxygens (including phenoxy) is 1. The van der Waals surface area contributed by atoms with E-state index in [0.29, 0.717) is 23.2 Å². The van der Waals surface area contributed by atoms with Gasteiger partial charge in [0.2, 0.25) is 0 Å². The molecule has 4 aliphatic carbocycles. The summed E-state index contributed by atoms with van der Waals surface area (Å²) in [6.07, 6.45) is 12.4. The van der Waals surface area contributed by atoms with E-state index in [9.17, 15) is 5.11 Å². The Hall–Kier alpha value is -0.163. The van der Waals surface area contributed by atoms with Crippen LogP contribution in [0.3, 0.4) is 0 Å². The van der Waals surface area contributed by atoms with E-state index in [1.165, 1.54) is 38.5 Å². The lowest BCUT2D eigenvalue weighted by atomic mass is 9.61. The Bertz CT molecular complexity index is 725. The first-order valence-electron chi connectivity index (χ1n) is 13.4. The van der Waals surface area contributed by atoms with E-state index < -0.39 is 8.32 Å². The first kappa shape index (κ1) is 24.9. The summed E-state index contributed by atoms with van der Waals surface area (Å²) in [5, 5.41) is 10.5. The highest BCUT2D eigenvalue weighted by Gasteiger charge is 2.64. The predicted molar refractivity (Wildman–Crippen MR) is 135 cm³/mol. The number of rotatable bonds is 7. The van der Waals surface area contributed by atoms with Gasteiger partial charge in [0.25, 0.3) is 0 Å². The Labute approximate surface area is 198 Å². The molecule has 0 heterocycles. The van der Waals surface area contributed by atoms with E-state index in [-0.39, 0.29) is 22.7 Å². The number of allylic oxidation sites excluding steroid dienone is 1. The molecule has 32 heavy (non-hydrogen) atoms. The molecule has 0 aliphatic heterocycles. The zero-order chi connectivity index (χ0) is 23.5. The van der Waals surface area contributed by atoms with Crippen LogP contribution in [0.4, 0.5) is 0 Å². The van der Waals surface area contributed by atoms with Crippen molar-refractivity contribution in [1.82, 2.24) is 0 Å². The smallest absolute Gasteiger partial charge is 0.191 e. The van der Waals surface area contributed by atoms with E-state index in [1.54, 1.807) is 5.57 Å². The minimum atomic E-state index is -1.70. The Kier molecular flexibility index (Phi) is 6.62. The van der Waals surface area contributed by atoms with Crippen molar-refractivity contribution in [2.45, 2.75) is 116 Å². The summed E-state index contributed by atoms with van der Waals surface area (Å²) in [7, 11) is 0.186. The summed E-state index contributed by atoms with van der Waals surface area (Å²) in [5.41, 5.74) is 2.30. The van der Waals surface area contributed by atoms with Gasteiger partial charge in [0.15, 0.2) is 8.32 Å². The molecule has 4 saturated carbocycles. The lowest BCUT2D eigenvalue weighted by molar-refractivity contribution is 0.0525. The molecule has 0 aromatic carbocycles. The maximum Gasteiger partial charge on any atom is 0.191 e. The molecular formula is C28H50O3Si. The van der Waals surface area contributed by atoms with E-state index in [2.05, 4.69) is 53.8 Å². The van der Waals surface area contributed by atoms with Gasteiger partial charge in [-0.05, 0) is 98.6 Å². The van der Waals surface area contributed by atoms with Crippen LogP contribution in [0.15, 0.2) is 11.6 Å². The molecule has 4 fully saturated rings. The standard InChI is InChI=1S/C28H50O3Si/c1-19(18-31-32(7,8)26(2,3)4)23-11-12-24-20(10-9-13-27(23,24)5)14-25(30-6)28-16-21(28)15-22(29)17-28/h14,19,21-25,29H,9-13,15-18H2,1-8H3/t19-,21?,22+,23?,24?,25?,27-,28?/m1/s1. The van der Waals surface area contributed by atoms with E-state index in [1.807, 2.05) is 7.11 Å². The predicted octanol–water partition coefficient (Wildman–Crippen LogP) is 6.96. The fourth-order valence-electron chi connectivity index (χ4n) is 7.83. The number of aliphatic hydroxyl groups is 1. The first-order valence-corrected chi connectivity index (χ1v) is 16.3. The van der Waals surface area contributed by atoms with Crippen LogP contribution < -0.4 is 0 Å². The van der Waals surface area contributed by atoms with Crippen molar-refractivity contribution in [2.75, 3.05) is 13.7 Å². The minimum absolute atomic E-state index is 0.112. The summed E-state index contributed by atoms with van der Waals surface area (Å²) < 4.78 is 12.8. The second-order valence-corrected chi connectivity index (χ2v) is 18.6. The topological polar surface area (TPSA) is 38.7 Å². The Morgan fingerprint density at radius 3 is 2.53 bits per heavy atom. The molecule has 4 rings (SSSR count). The van der Waals surface area contributed by atoms with Crippen molar-refractivity contribution in [3.63, 3.8) is 0 Å². The summed E-state index contributed by atoms with van der Waals surface area (Å²) >= 11 is 0. The number of methoxy groups -OCH3 is 1. The number of fused-ring (bicyclic) bond motifs is 2. The van der Waals surface area contributed by atoms with Crippen molar-refractivity contribution in [1.29, 1.82) is 0 Å². The van der Waals surface area contributed by atoms with Gasteiger partial charge < -0.3 is 14.3 Å². The zero-order valence-electron chi connectivity index (χ0n) is 22.2. The molecule has 0 amide bonds. The molecule has 1 N–H and O–H groups in total.